The molecule has 4 saturated carbocycles. The number of aliphatic hydroxyl groups excluding tert-OH is 1. The largest absolute Gasteiger partial charge is 0.389 e. The van der Waals surface area contributed by atoms with Gasteiger partial charge in [0.05, 0.1) is 6.10 Å². The zero-order chi connectivity index (χ0) is 13.0. The Kier molecular flexibility index (Phi) is 2.57. The van der Waals surface area contributed by atoms with Crippen LogP contribution in [0.15, 0.2) is 24.3 Å². The number of hydrogen-bond donors (Lipinski definition) is 1. The van der Waals surface area contributed by atoms with Gasteiger partial charge in [0.1, 0.15) is 0 Å². The van der Waals surface area contributed by atoms with Gasteiger partial charge >= 0.3 is 0 Å². The van der Waals surface area contributed by atoms with Crippen LogP contribution in [0.4, 0.5) is 0 Å². The molecule has 1 heteroatoms. The van der Waals surface area contributed by atoms with E-state index in [0.29, 0.717) is 5.41 Å². The van der Waals surface area contributed by atoms with E-state index in [0.717, 1.165) is 23.3 Å². The standard InChI is InChI=1S/C18H24O/c1-12(19)16-2-4-17(5-3-16)18-9-13-6-14(10-18)8-15(7-13)11-18/h2-5,12-15,19H,6-11H2,1H3/t12-,13?,14?,15?,18?/m0/s1. The first kappa shape index (κ1) is 12.0. The lowest BCUT2D eigenvalue weighted by Crippen LogP contribution is -2.48. The Balaban J connectivity index is 1.67. The molecule has 1 N–H and O–H groups in total. The monoisotopic (exact) mass is 256 g/mol. The van der Waals surface area contributed by atoms with Crippen LogP contribution < -0.4 is 0 Å². The molecule has 4 aliphatic rings. The topological polar surface area (TPSA) is 20.2 Å². The first-order valence-corrected chi connectivity index (χ1v) is 7.93. The Bertz CT molecular complexity index is 436. The molecule has 4 bridgehead atoms. The molecule has 4 aliphatic carbocycles. The summed E-state index contributed by atoms with van der Waals surface area (Å²) in [5.74, 6) is 3.01. The van der Waals surface area contributed by atoms with Gasteiger partial charge in [-0.2, -0.15) is 0 Å². The van der Waals surface area contributed by atoms with Crippen molar-refractivity contribution in [2.24, 2.45) is 17.8 Å². The van der Waals surface area contributed by atoms with Crippen LogP contribution in [-0.2, 0) is 5.41 Å². The molecule has 1 atom stereocenters. The number of benzene rings is 1. The number of aliphatic hydroxyl groups is 1. The van der Waals surface area contributed by atoms with Gasteiger partial charge in [-0.1, -0.05) is 24.3 Å². The van der Waals surface area contributed by atoms with E-state index >= 15 is 0 Å². The van der Waals surface area contributed by atoms with Gasteiger partial charge in [-0.15, -0.1) is 0 Å². The molecular weight excluding hydrogens is 232 g/mol. The second kappa shape index (κ2) is 4.09. The highest BCUT2D eigenvalue weighted by Gasteiger charge is 2.51. The molecule has 19 heavy (non-hydrogen) atoms. The fraction of sp³-hybridized carbons (Fsp3) is 0.667. The summed E-state index contributed by atoms with van der Waals surface area (Å²) >= 11 is 0. The predicted molar refractivity (Wildman–Crippen MR) is 76.9 cm³/mol. The number of hydrogen-bond acceptors (Lipinski definition) is 1. The minimum Gasteiger partial charge on any atom is -0.389 e. The molecule has 102 valence electrons. The molecule has 0 spiro atoms. The Morgan fingerprint density at radius 2 is 1.42 bits per heavy atom. The third-order valence-corrected chi connectivity index (χ3v) is 6.04. The second-order valence-electron chi connectivity index (χ2n) is 7.50. The molecule has 4 fully saturated rings. The first-order valence-electron chi connectivity index (χ1n) is 7.93. The molecule has 0 amide bonds. The van der Waals surface area contributed by atoms with Crippen molar-refractivity contribution in [1.82, 2.24) is 0 Å². The maximum absolute atomic E-state index is 9.65. The van der Waals surface area contributed by atoms with E-state index in [1.54, 1.807) is 5.56 Å². The molecule has 0 unspecified atom stereocenters. The van der Waals surface area contributed by atoms with Gasteiger partial charge in [0.25, 0.3) is 0 Å². The minimum absolute atomic E-state index is 0.342. The SMILES string of the molecule is C[C@H](O)c1ccc(C23CC4CC(CC(C4)C2)C3)cc1. The van der Waals surface area contributed by atoms with Crippen LogP contribution in [0.2, 0.25) is 0 Å². The summed E-state index contributed by atoms with van der Waals surface area (Å²) in [5.41, 5.74) is 3.09. The highest BCUT2D eigenvalue weighted by Crippen LogP contribution is 2.60. The quantitative estimate of drug-likeness (QED) is 0.840. The lowest BCUT2D eigenvalue weighted by atomic mass is 9.48. The molecular formula is C18H24O. The van der Waals surface area contributed by atoms with Crippen molar-refractivity contribution in [2.75, 3.05) is 0 Å². The van der Waals surface area contributed by atoms with Crippen molar-refractivity contribution in [3.63, 3.8) is 0 Å². The summed E-state index contributed by atoms with van der Waals surface area (Å²) in [6.07, 6.45) is 8.44. The Labute approximate surface area is 116 Å². The fourth-order valence-corrected chi connectivity index (χ4v) is 5.58. The van der Waals surface area contributed by atoms with E-state index in [1.807, 2.05) is 6.92 Å². The molecule has 5 rings (SSSR count). The van der Waals surface area contributed by atoms with Gasteiger partial charge in [-0.25, -0.2) is 0 Å². The van der Waals surface area contributed by atoms with Crippen molar-refractivity contribution in [1.29, 1.82) is 0 Å². The molecule has 1 aromatic rings. The van der Waals surface area contributed by atoms with Crippen LogP contribution in [0, 0.1) is 17.8 Å². The van der Waals surface area contributed by atoms with Gasteiger partial charge in [-0.3, -0.25) is 0 Å². The van der Waals surface area contributed by atoms with Gasteiger partial charge in [0.2, 0.25) is 0 Å². The van der Waals surface area contributed by atoms with Crippen LogP contribution in [0.25, 0.3) is 0 Å². The van der Waals surface area contributed by atoms with E-state index in [1.165, 1.54) is 38.5 Å². The lowest BCUT2D eigenvalue weighted by Gasteiger charge is -2.57. The maximum Gasteiger partial charge on any atom is 0.0761 e. The van der Waals surface area contributed by atoms with Crippen LogP contribution in [-0.4, -0.2) is 5.11 Å². The Hall–Kier alpha value is -0.820. The van der Waals surface area contributed by atoms with E-state index in [2.05, 4.69) is 24.3 Å². The van der Waals surface area contributed by atoms with Gasteiger partial charge < -0.3 is 5.11 Å². The van der Waals surface area contributed by atoms with Gasteiger partial charge in [0, 0.05) is 0 Å². The molecule has 1 aromatic carbocycles. The zero-order valence-electron chi connectivity index (χ0n) is 11.8. The van der Waals surface area contributed by atoms with Gasteiger partial charge in [-0.05, 0) is 79.7 Å². The predicted octanol–water partition coefficient (Wildman–Crippen LogP) is 4.21. The van der Waals surface area contributed by atoms with E-state index in [9.17, 15) is 5.11 Å². The average Bonchev–Trinajstić information content (AvgIpc) is 2.37. The first-order chi connectivity index (χ1) is 9.14. The van der Waals surface area contributed by atoms with Crippen molar-refractivity contribution in [3.05, 3.63) is 35.4 Å². The van der Waals surface area contributed by atoms with Crippen molar-refractivity contribution >= 4 is 0 Å². The van der Waals surface area contributed by atoms with Crippen molar-refractivity contribution in [2.45, 2.75) is 57.0 Å². The molecule has 0 saturated heterocycles. The van der Waals surface area contributed by atoms with Crippen LogP contribution in [0.3, 0.4) is 0 Å². The highest BCUT2D eigenvalue weighted by atomic mass is 16.3. The summed E-state index contributed by atoms with van der Waals surface area (Å²) in [4.78, 5) is 0. The van der Waals surface area contributed by atoms with Crippen molar-refractivity contribution in [3.8, 4) is 0 Å². The lowest BCUT2D eigenvalue weighted by molar-refractivity contribution is -0.00521. The molecule has 0 aliphatic heterocycles. The zero-order valence-corrected chi connectivity index (χ0v) is 11.8. The molecule has 0 aromatic heterocycles. The maximum atomic E-state index is 9.65. The van der Waals surface area contributed by atoms with E-state index in [4.69, 9.17) is 0 Å². The Morgan fingerprint density at radius 3 is 1.84 bits per heavy atom. The smallest absolute Gasteiger partial charge is 0.0761 e. The summed E-state index contributed by atoms with van der Waals surface area (Å²) in [6.45, 7) is 1.85. The third kappa shape index (κ3) is 1.86. The second-order valence-corrected chi connectivity index (χ2v) is 7.50. The molecule has 1 nitrogen and oxygen atoms in total. The summed E-state index contributed by atoms with van der Waals surface area (Å²) < 4.78 is 0. The molecule has 0 heterocycles. The minimum atomic E-state index is -0.342. The summed E-state index contributed by atoms with van der Waals surface area (Å²) in [6, 6.07) is 8.88. The third-order valence-electron chi connectivity index (χ3n) is 6.04. The molecule has 0 radical (unpaired) electrons. The van der Waals surface area contributed by atoms with Crippen LogP contribution in [0.5, 0.6) is 0 Å². The van der Waals surface area contributed by atoms with Gasteiger partial charge in [0.15, 0.2) is 0 Å². The summed E-state index contributed by atoms with van der Waals surface area (Å²) in [5, 5.41) is 9.65. The van der Waals surface area contributed by atoms with Crippen molar-refractivity contribution < 1.29 is 5.11 Å². The average molecular weight is 256 g/mol. The van der Waals surface area contributed by atoms with E-state index in [-0.39, 0.29) is 6.10 Å². The Morgan fingerprint density at radius 1 is 0.947 bits per heavy atom. The fourth-order valence-electron chi connectivity index (χ4n) is 5.58. The summed E-state index contributed by atoms with van der Waals surface area (Å²) in [7, 11) is 0. The van der Waals surface area contributed by atoms with Crippen LogP contribution in [0.1, 0.15) is 62.7 Å². The highest BCUT2D eigenvalue weighted by molar-refractivity contribution is 5.32. The van der Waals surface area contributed by atoms with E-state index < -0.39 is 0 Å². The number of rotatable bonds is 2. The van der Waals surface area contributed by atoms with Crippen LogP contribution >= 0.6 is 0 Å². The normalized spacial score (nSPS) is 41.5.